The van der Waals surface area contributed by atoms with Gasteiger partial charge in [0.25, 0.3) is 0 Å². The molecule has 5 nitrogen and oxygen atoms in total. The van der Waals surface area contributed by atoms with Crippen LogP contribution in [-0.4, -0.2) is 9.13 Å². The highest BCUT2D eigenvalue weighted by atomic mass is 32.1. The van der Waals surface area contributed by atoms with Crippen LogP contribution in [0.25, 0.3) is 86.3 Å². The van der Waals surface area contributed by atoms with E-state index in [9.17, 15) is 15.8 Å². The fourth-order valence-electron chi connectivity index (χ4n) is 7.85. The molecule has 10 aromatic rings. The summed E-state index contributed by atoms with van der Waals surface area (Å²) in [5, 5.41) is 38.5. The Morgan fingerprint density at radius 2 is 0.961 bits per heavy atom. The van der Waals surface area contributed by atoms with E-state index in [4.69, 9.17) is 0 Å². The molecule has 0 aliphatic heterocycles. The summed E-state index contributed by atoms with van der Waals surface area (Å²) in [5.41, 5.74) is 7.84. The summed E-state index contributed by atoms with van der Waals surface area (Å²) in [6.07, 6.45) is 0. The first-order valence-electron chi connectivity index (χ1n) is 16.5. The fourth-order valence-corrected chi connectivity index (χ4v) is 8.97. The number of nitrogens with zero attached hydrogens (tertiary/aromatic N) is 5. The highest BCUT2D eigenvalue weighted by molar-refractivity contribution is 7.25. The number of thiophene rings is 1. The van der Waals surface area contributed by atoms with Crippen molar-refractivity contribution in [3.8, 4) is 40.7 Å². The Morgan fingerprint density at radius 1 is 0.412 bits per heavy atom. The van der Waals surface area contributed by atoms with E-state index in [-0.39, 0.29) is 0 Å². The van der Waals surface area contributed by atoms with Crippen LogP contribution in [0.3, 0.4) is 0 Å². The number of aromatic nitrogens is 2. The third kappa shape index (κ3) is 4.11. The number of nitriles is 3. The third-order valence-electron chi connectivity index (χ3n) is 10.0. The van der Waals surface area contributed by atoms with Crippen molar-refractivity contribution >= 4 is 75.1 Å². The van der Waals surface area contributed by atoms with Crippen molar-refractivity contribution < 1.29 is 0 Å². The molecule has 0 amide bonds. The molecular formula is C45H23N5S. The first-order valence-corrected chi connectivity index (χ1v) is 17.3. The molecule has 0 bridgehead atoms. The predicted molar refractivity (Wildman–Crippen MR) is 208 cm³/mol. The van der Waals surface area contributed by atoms with Gasteiger partial charge in [0.1, 0.15) is 12.1 Å². The largest absolute Gasteiger partial charge is 0.309 e. The van der Waals surface area contributed by atoms with E-state index in [2.05, 4.69) is 89.5 Å². The Labute approximate surface area is 295 Å². The van der Waals surface area contributed by atoms with Crippen LogP contribution < -0.4 is 0 Å². The van der Waals surface area contributed by atoms with Gasteiger partial charge in [-0.3, -0.25) is 0 Å². The number of hydrogen-bond donors (Lipinski definition) is 0. The lowest BCUT2D eigenvalue weighted by Crippen LogP contribution is -2.02. The van der Waals surface area contributed by atoms with Crippen LogP contribution in [0.2, 0.25) is 0 Å². The van der Waals surface area contributed by atoms with Crippen LogP contribution in [0, 0.1) is 34.0 Å². The van der Waals surface area contributed by atoms with Crippen LogP contribution in [0.4, 0.5) is 0 Å². The van der Waals surface area contributed by atoms with Crippen LogP contribution in [-0.2, 0) is 0 Å². The summed E-state index contributed by atoms with van der Waals surface area (Å²) < 4.78 is 6.74. The number of fused-ring (bicyclic) bond motifs is 9. The second-order valence-corrected chi connectivity index (χ2v) is 13.8. The van der Waals surface area contributed by atoms with E-state index in [0.717, 1.165) is 49.3 Å². The van der Waals surface area contributed by atoms with Crippen molar-refractivity contribution in [3.05, 3.63) is 156 Å². The zero-order valence-corrected chi connectivity index (χ0v) is 27.7. The molecule has 7 aromatic carbocycles. The van der Waals surface area contributed by atoms with E-state index in [0.29, 0.717) is 33.5 Å². The standard InChI is InChI=1S/C45H23N5S/c46-24-28-21-31(49-39-13-5-3-11-35(39)37-23-44-38(22-42(37)49)36-12-4-8-16-43(36)51-44)17-18-32(28)27-19-29(25-47)45(30(20-27)26-48)50-40-14-6-1-9-33(40)34-10-2-7-15-41(34)50/h1-23H. The smallest absolute Gasteiger partial charge is 0.101 e. The van der Waals surface area contributed by atoms with Crippen LogP contribution >= 0.6 is 11.3 Å². The van der Waals surface area contributed by atoms with Crippen molar-refractivity contribution in [2.24, 2.45) is 0 Å². The quantitative estimate of drug-likeness (QED) is 0.188. The van der Waals surface area contributed by atoms with Gasteiger partial charge in [-0.1, -0.05) is 78.9 Å². The molecule has 0 unspecified atom stereocenters. The van der Waals surface area contributed by atoms with Crippen molar-refractivity contribution in [1.29, 1.82) is 15.8 Å². The first kappa shape index (κ1) is 28.8. The average Bonchev–Trinajstić information content (AvgIpc) is 3.83. The molecule has 0 spiro atoms. The minimum Gasteiger partial charge on any atom is -0.309 e. The van der Waals surface area contributed by atoms with Gasteiger partial charge in [-0.15, -0.1) is 11.3 Å². The van der Waals surface area contributed by atoms with Gasteiger partial charge in [-0.05, 0) is 71.8 Å². The van der Waals surface area contributed by atoms with Gasteiger partial charge in [-0.2, -0.15) is 15.8 Å². The molecule has 51 heavy (non-hydrogen) atoms. The van der Waals surface area contributed by atoms with E-state index >= 15 is 0 Å². The summed E-state index contributed by atoms with van der Waals surface area (Å²) in [5.74, 6) is 0. The molecule has 6 heteroatoms. The molecule has 0 saturated carbocycles. The van der Waals surface area contributed by atoms with E-state index in [1.807, 2.05) is 65.2 Å². The molecule has 0 saturated heterocycles. The van der Waals surface area contributed by atoms with Gasteiger partial charge in [0.05, 0.1) is 50.5 Å². The summed E-state index contributed by atoms with van der Waals surface area (Å²) >= 11 is 1.80. The lowest BCUT2D eigenvalue weighted by molar-refractivity contribution is 1.15. The molecule has 0 aliphatic rings. The zero-order valence-electron chi connectivity index (χ0n) is 26.9. The molecule has 0 fully saturated rings. The van der Waals surface area contributed by atoms with Crippen molar-refractivity contribution in [1.82, 2.24) is 9.13 Å². The predicted octanol–water partition coefficient (Wildman–Crippen LogP) is 11.5. The van der Waals surface area contributed by atoms with Gasteiger partial charge < -0.3 is 9.13 Å². The Kier molecular flexibility index (Phi) is 6.17. The van der Waals surface area contributed by atoms with Gasteiger partial charge in [0.2, 0.25) is 0 Å². The number of hydrogen-bond acceptors (Lipinski definition) is 4. The average molecular weight is 666 g/mol. The second-order valence-electron chi connectivity index (χ2n) is 12.7. The Morgan fingerprint density at radius 3 is 1.59 bits per heavy atom. The highest BCUT2D eigenvalue weighted by Gasteiger charge is 2.21. The number of benzene rings is 7. The molecule has 3 heterocycles. The highest BCUT2D eigenvalue weighted by Crippen LogP contribution is 2.42. The van der Waals surface area contributed by atoms with E-state index in [1.165, 1.54) is 20.2 Å². The van der Waals surface area contributed by atoms with Crippen LogP contribution in [0.5, 0.6) is 0 Å². The molecule has 3 aromatic heterocycles. The monoisotopic (exact) mass is 665 g/mol. The maximum Gasteiger partial charge on any atom is 0.101 e. The molecule has 0 atom stereocenters. The number of rotatable bonds is 3. The SMILES string of the molecule is N#Cc1cc(-n2c3ccccc3c3cc4sc5ccccc5c4cc32)ccc1-c1cc(C#N)c(-n2c3ccccc3c3ccccc32)c(C#N)c1. The Hall–Kier alpha value is -7.17. The van der Waals surface area contributed by atoms with Crippen molar-refractivity contribution in [3.63, 3.8) is 0 Å². The minimum atomic E-state index is 0.359. The van der Waals surface area contributed by atoms with E-state index < -0.39 is 0 Å². The van der Waals surface area contributed by atoms with Gasteiger partial charge in [-0.25, -0.2) is 0 Å². The van der Waals surface area contributed by atoms with Crippen LogP contribution in [0.15, 0.2) is 140 Å². The topological polar surface area (TPSA) is 81.2 Å². The first-order chi connectivity index (χ1) is 25.2. The van der Waals surface area contributed by atoms with Crippen molar-refractivity contribution in [2.45, 2.75) is 0 Å². The molecule has 0 radical (unpaired) electrons. The lowest BCUT2D eigenvalue weighted by Gasteiger charge is -2.15. The molecule has 234 valence electrons. The Bertz CT molecular complexity index is 3160. The van der Waals surface area contributed by atoms with E-state index in [1.54, 1.807) is 23.5 Å². The number of para-hydroxylation sites is 3. The molecule has 0 aliphatic carbocycles. The zero-order chi connectivity index (χ0) is 34.2. The van der Waals surface area contributed by atoms with Crippen LogP contribution in [0.1, 0.15) is 16.7 Å². The fraction of sp³-hybridized carbons (Fsp3) is 0. The normalized spacial score (nSPS) is 11.5. The van der Waals surface area contributed by atoms with Gasteiger partial charge >= 0.3 is 0 Å². The summed E-state index contributed by atoms with van der Waals surface area (Å²) in [4.78, 5) is 0. The Balaban J connectivity index is 1.18. The molecular weight excluding hydrogens is 643 g/mol. The summed E-state index contributed by atoms with van der Waals surface area (Å²) in [6, 6.07) is 54.2. The molecule has 0 N–H and O–H groups in total. The lowest BCUT2D eigenvalue weighted by atomic mass is 9.94. The second kappa shape index (κ2) is 10.9. The third-order valence-corrected chi connectivity index (χ3v) is 11.2. The minimum absolute atomic E-state index is 0.359. The van der Waals surface area contributed by atoms with Crippen molar-refractivity contribution in [2.75, 3.05) is 0 Å². The maximum absolute atomic E-state index is 10.6. The summed E-state index contributed by atoms with van der Waals surface area (Å²) in [7, 11) is 0. The summed E-state index contributed by atoms with van der Waals surface area (Å²) in [6.45, 7) is 0. The van der Waals surface area contributed by atoms with Gasteiger partial charge in [0, 0.05) is 47.4 Å². The van der Waals surface area contributed by atoms with Gasteiger partial charge in [0.15, 0.2) is 0 Å². The maximum atomic E-state index is 10.6. The molecule has 10 rings (SSSR count).